The Kier molecular flexibility index (Phi) is 8.68. The van der Waals surface area contributed by atoms with Crippen LogP contribution in [0.15, 0.2) is 80.8 Å². The van der Waals surface area contributed by atoms with Crippen LogP contribution in [0.1, 0.15) is 47.3 Å². The number of benzene rings is 3. The van der Waals surface area contributed by atoms with Gasteiger partial charge in [-0.05, 0) is 71.0 Å². The van der Waals surface area contributed by atoms with Crippen molar-refractivity contribution in [1.82, 2.24) is 15.0 Å². The molecule has 1 heterocycles. The van der Waals surface area contributed by atoms with Crippen LogP contribution in [0, 0.1) is 12.8 Å². The molecule has 4 N–H and O–H groups in total. The molecular formula is C30H32N4O6. The van der Waals surface area contributed by atoms with Gasteiger partial charge in [0.2, 0.25) is 5.91 Å². The molecule has 4 rings (SSSR count). The van der Waals surface area contributed by atoms with Crippen LogP contribution in [0.4, 0.5) is 0 Å². The third-order valence-electron chi connectivity index (χ3n) is 6.82. The maximum Gasteiger partial charge on any atom is 0.440 e. The second-order valence-electron chi connectivity index (χ2n) is 9.75. The van der Waals surface area contributed by atoms with Crippen molar-refractivity contribution in [2.45, 2.75) is 46.4 Å². The third kappa shape index (κ3) is 6.76. The van der Waals surface area contributed by atoms with Gasteiger partial charge in [-0.2, -0.15) is 0 Å². The molecule has 10 nitrogen and oxygen atoms in total. The lowest BCUT2D eigenvalue weighted by molar-refractivity contribution is -0.120. The summed E-state index contributed by atoms with van der Waals surface area (Å²) in [4.78, 5) is 49.4. The van der Waals surface area contributed by atoms with Gasteiger partial charge in [-0.15, -0.1) is 4.74 Å². The minimum absolute atomic E-state index is 0.0654. The number of H-pyrrole nitrogens is 1. The van der Waals surface area contributed by atoms with Crippen LogP contribution in [0.25, 0.3) is 11.1 Å². The highest BCUT2D eigenvalue weighted by atomic mass is 16.5. The second kappa shape index (κ2) is 12.3. The Hall–Kier alpha value is -4.86. The van der Waals surface area contributed by atoms with Gasteiger partial charge in [0.05, 0.1) is 6.54 Å². The predicted octanol–water partition coefficient (Wildman–Crippen LogP) is 3.36. The molecule has 0 bridgehead atoms. The lowest BCUT2D eigenvalue weighted by atomic mass is 9.96. The van der Waals surface area contributed by atoms with E-state index < -0.39 is 23.4 Å². The average Bonchev–Trinajstić information content (AvgIpc) is 3.26. The van der Waals surface area contributed by atoms with Crippen molar-refractivity contribution < 1.29 is 18.8 Å². The molecule has 10 heteroatoms. The van der Waals surface area contributed by atoms with Crippen LogP contribution in [0.3, 0.4) is 0 Å². The molecule has 0 saturated carbocycles. The Bertz CT molecular complexity index is 1620. The normalized spacial score (nSPS) is 12.5. The molecule has 1 aromatic heterocycles. The lowest BCUT2D eigenvalue weighted by Crippen LogP contribution is -2.48. The summed E-state index contributed by atoms with van der Waals surface area (Å²) in [6.45, 7) is 6.22. The predicted molar refractivity (Wildman–Crippen MR) is 150 cm³/mol. The van der Waals surface area contributed by atoms with Crippen molar-refractivity contribution in [3.8, 4) is 16.9 Å². The summed E-state index contributed by atoms with van der Waals surface area (Å²) in [5.41, 5.74) is 9.96. The number of aromatic amines is 1. The van der Waals surface area contributed by atoms with Crippen LogP contribution >= 0.6 is 0 Å². The Morgan fingerprint density at radius 2 is 1.80 bits per heavy atom. The fourth-order valence-corrected chi connectivity index (χ4v) is 4.35. The van der Waals surface area contributed by atoms with Crippen LogP contribution in [0.5, 0.6) is 5.75 Å². The monoisotopic (exact) mass is 544 g/mol. The molecule has 4 aromatic rings. The summed E-state index contributed by atoms with van der Waals surface area (Å²) >= 11 is 0. The lowest BCUT2D eigenvalue weighted by Gasteiger charge is -2.21. The first-order valence-corrected chi connectivity index (χ1v) is 13.0. The van der Waals surface area contributed by atoms with Crippen molar-refractivity contribution >= 4 is 11.8 Å². The number of hydrogen-bond acceptors (Lipinski definition) is 6. The number of aryl methyl sites for hydroxylation is 1. The number of nitrogens with two attached hydrogens (primary N) is 1. The Labute approximate surface area is 230 Å². The summed E-state index contributed by atoms with van der Waals surface area (Å²) in [5.74, 6) is -1.09. The van der Waals surface area contributed by atoms with Gasteiger partial charge in [0.1, 0.15) is 18.4 Å². The SMILES string of the molecule is CC[C@H](C)[C@H](NC(=O)c1ccc(-c2cccc(COc3ccc(Cn4oc(=O)[nH]c4=O)cc3)c2)c(C)c1)C(N)=O. The van der Waals surface area contributed by atoms with Crippen LogP contribution in [0.2, 0.25) is 0 Å². The smallest absolute Gasteiger partial charge is 0.440 e. The van der Waals surface area contributed by atoms with Gasteiger partial charge in [0, 0.05) is 5.56 Å². The summed E-state index contributed by atoms with van der Waals surface area (Å²) in [5, 5.41) is 2.77. The first-order chi connectivity index (χ1) is 19.1. The Morgan fingerprint density at radius 3 is 2.42 bits per heavy atom. The second-order valence-corrected chi connectivity index (χ2v) is 9.75. The summed E-state index contributed by atoms with van der Waals surface area (Å²) < 4.78 is 11.7. The number of nitrogens with one attached hydrogen (secondary N) is 2. The molecule has 0 fully saturated rings. The number of carbonyl (C=O) groups excluding carboxylic acids is 2. The first kappa shape index (κ1) is 28.2. The van der Waals surface area contributed by atoms with E-state index in [0.29, 0.717) is 24.3 Å². The highest BCUT2D eigenvalue weighted by Crippen LogP contribution is 2.26. The zero-order valence-corrected chi connectivity index (χ0v) is 22.6. The highest BCUT2D eigenvalue weighted by molar-refractivity contribution is 5.98. The summed E-state index contributed by atoms with van der Waals surface area (Å²) in [6, 6.07) is 19.8. The number of primary amides is 1. The molecule has 2 atom stereocenters. The number of ether oxygens (including phenoxy) is 1. The van der Waals surface area contributed by atoms with Gasteiger partial charge in [0.15, 0.2) is 0 Å². The van der Waals surface area contributed by atoms with Gasteiger partial charge in [-0.1, -0.05) is 56.7 Å². The van der Waals surface area contributed by atoms with E-state index in [1.54, 1.807) is 36.4 Å². The summed E-state index contributed by atoms with van der Waals surface area (Å²) in [7, 11) is 0. The number of aromatic nitrogens is 2. The number of amides is 2. The third-order valence-corrected chi connectivity index (χ3v) is 6.82. The number of nitrogens with zero attached hydrogens (tertiary/aromatic N) is 1. The molecule has 40 heavy (non-hydrogen) atoms. The van der Waals surface area contributed by atoms with Crippen molar-refractivity contribution in [2.24, 2.45) is 11.7 Å². The minimum atomic E-state index is -0.792. The largest absolute Gasteiger partial charge is 0.489 e. The minimum Gasteiger partial charge on any atom is -0.489 e. The molecule has 2 amide bonds. The Balaban J connectivity index is 1.41. The van der Waals surface area contributed by atoms with E-state index in [1.165, 1.54) is 0 Å². The van der Waals surface area contributed by atoms with Gasteiger partial charge < -0.3 is 20.3 Å². The van der Waals surface area contributed by atoms with Crippen LogP contribution in [-0.2, 0) is 17.9 Å². The van der Waals surface area contributed by atoms with Gasteiger partial charge in [-0.25, -0.2) is 14.6 Å². The van der Waals surface area contributed by atoms with E-state index >= 15 is 0 Å². The molecule has 0 aliphatic rings. The molecule has 0 aliphatic carbocycles. The zero-order valence-electron chi connectivity index (χ0n) is 22.6. The van der Waals surface area contributed by atoms with Crippen LogP contribution in [-0.4, -0.2) is 27.6 Å². The fourth-order valence-electron chi connectivity index (χ4n) is 4.35. The quantitative estimate of drug-likeness (QED) is 0.264. The van der Waals surface area contributed by atoms with Crippen molar-refractivity contribution in [3.05, 3.63) is 110 Å². The van der Waals surface area contributed by atoms with E-state index in [-0.39, 0.29) is 18.4 Å². The zero-order chi connectivity index (χ0) is 28.8. The molecule has 0 spiro atoms. The Morgan fingerprint density at radius 1 is 1.05 bits per heavy atom. The summed E-state index contributed by atoms with van der Waals surface area (Å²) in [6.07, 6.45) is 0.717. The first-order valence-electron chi connectivity index (χ1n) is 13.0. The van der Waals surface area contributed by atoms with E-state index in [4.69, 9.17) is 15.0 Å². The van der Waals surface area contributed by atoms with Crippen molar-refractivity contribution in [2.75, 3.05) is 0 Å². The molecule has 0 saturated heterocycles. The van der Waals surface area contributed by atoms with E-state index in [0.717, 1.165) is 32.6 Å². The number of carbonyl (C=O) groups is 2. The van der Waals surface area contributed by atoms with Gasteiger partial charge in [-0.3, -0.25) is 9.59 Å². The fraction of sp³-hybridized carbons (Fsp3) is 0.267. The average molecular weight is 545 g/mol. The maximum absolute atomic E-state index is 12.8. The number of hydrogen-bond donors (Lipinski definition) is 3. The molecule has 0 aliphatic heterocycles. The molecule has 208 valence electrons. The standard InChI is InChI=1S/C30H32N4O6/c1-4-18(2)26(27(31)35)32-28(36)23-10-13-25(19(3)14-23)22-7-5-6-21(15-22)17-39-24-11-8-20(9-12-24)16-34-29(37)33-30(38)40-34/h5-15,18,26H,4,16-17H2,1-3H3,(H2,31,35)(H,32,36)(H,33,37,38)/t18-,26-/m0/s1. The van der Waals surface area contributed by atoms with Crippen LogP contribution < -0.4 is 27.2 Å². The number of rotatable bonds is 11. The van der Waals surface area contributed by atoms with Crippen molar-refractivity contribution in [1.29, 1.82) is 0 Å². The molecular weight excluding hydrogens is 512 g/mol. The molecule has 0 unspecified atom stereocenters. The van der Waals surface area contributed by atoms with E-state index in [2.05, 4.69) is 5.32 Å². The molecule has 0 radical (unpaired) electrons. The van der Waals surface area contributed by atoms with E-state index in [9.17, 15) is 19.2 Å². The topological polar surface area (TPSA) is 149 Å². The highest BCUT2D eigenvalue weighted by Gasteiger charge is 2.24. The van der Waals surface area contributed by atoms with Gasteiger partial charge in [0.25, 0.3) is 5.91 Å². The molecule has 3 aromatic carbocycles. The van der Waals surface area contributed by atoms with Crippen molar-refractivity contribution in [3.63, 3.8) is 0 Å². The van der Waals surface area contributed by atoms with Gasteiger partial charge >= 0.3 is 11.4 Å². The van der Waals surface area contributed by atoms with E-state index in [1.807, 2.05) is 56.1 Å². The maximum atomic E-state index is 12.8.